The highest BCUT2D eigenvalue weighted by molar-refractivity contribution is 6.01. The molecule has 9 rings (SSSR count). The van der Waals surface area contributed by atoms with Gasteiger partial charge in [0.25, 0.3) is 0 Å². The third-order valence-corrected chi connectivity index (χ3v) is 9.18. The predicted molar refractivity (Wildman–Crippen MR) is 169 cm³/mol. The smallest absolute Gasteiger partial charge is 0.127 e. The molecule has 4 nitrogen and oxygen atoms in total. The van der Waals surface area contributed by atoms with Crippen molar-refractivity contribution in [2.24, 2.45) is 0 Å². The second-order valence-electron chi connectivity index (χ2n) is 11.7. The van der Waals surface area contributed by atoms with Crippen molar-refractivity contribution in [3.05, 3.63) is 144 Å². The Morgan fingerprint density at radius 1 is 0.465 bits per heavy atom. The molecule has 2 atom stereocenters. The summed E-state index contributed by atoms with van der Waals surface area (Å²) in [5, 5.41) is 4.57. The molecule has 210 valence electrons. The van der Waals surface area contributed by atoms with Crippen LogP contribution in [0, 0.1) is 0 Å². The molecule has 2 heterocycles. The first-order valence-electron chi connectivity index (χ1n) is 15.0. The van der Waals surface area contributed by atoms with Gasteiger partial charge in [0, 0.05) is 10.8 Å². The second kappa shape index (κ2) is 9.70. The third kappa shape index (κ3) is 3.91. The summed E-state index contributed by atoms with van der Waals surface area (Å²) in [5.41, 5.74) is 7.01. The van der Waals surface area contributed by atoms with Crippen LogP contribution in [0.2, 0.25) is 0 Å². The van der Waals surface area contributed by atoms with E-state index in [0.717, 1.165) is 35.5 Å². The molecule has 43 heavy (non-hydrogen) atoms. The summed E-state index contributed by atoms with van der Waals surface area (Å²) in [4.78, 5) is 0. The van der Waals surface area contributed by atoms with E-state index in [1.165, 1.54) is 44.2 Å². The van der Waals surface area contributed by atoms with Crippen LogP contribution in [0.3, 0.4) is 0 Å². The summed E-state index contributed by atoms with van der Waals surface area (Å²) in [6, 6.07) is 44.0. The normalized spacial score (nSPS) is 19.2. The maximum Gasteiger partial charge on any atom is 0.127 e. The van der Waals surface area contributed by atoms with Gasteiger partial charge >= 0.3 is 0 Å². The van der Waals surface area contributed by atoms with E-state index < -0.39 is 5.41 Å². The molecule has 3 aliphatic rings. The van der Waals surface area contributed by atoms with Gasteiger partial charge in [-0.05, 0) is 56.3 Å². The van der Waals surface area contributed by atoms with Crippen molar-refractivity contribution in [2.45, 2.75) is 17.6 Å². The maximum atomic E-state index is 6.32. The van der Waals surface area contributed by atoms with Gasteiger partial charge in [-0.3, -0.25) is 0 Å². The Morgan fingerprint density at radius 2 is 0.860 bits per heavy atom. The molecule has 6 aromatic rings. The summed E-state index contributed by atoms with van der Waals surface area (Å²) in [6.45, 7) is 2.68. The molecule has 0 saturated carbocycles. The van der Waals surface area contributed by atoms with Crippen molar-refractivity contribution in [1.29, 1.82) is 0 Å². The van der Waals surface area contributed by atoms with E-state index in [-0.39, 0.29) is 12.2 Å². The van der Waals surface area contributed by atoms with Gasteiger partial charge in [0.1, 0.15) is 36.9 Å². The molecule has 2 aliphatic heterocycles. The Hall–Kier alpha value is -4.64. The molecule has 2 fully saturated rings. The van der Waals surface area contributed by atoms with E-state index in [2.05, 4.69) is 121 Å². The van der Waals surface area contributed by atoms with Gasteiger partial charge in [-0.25, -0.2) is 0 Å². The van der Waals surface area contributed by atoms with Crippen LogP contribution in [0.4, 0.5) is 0 Å². The molecule has 2 unspecified atom stereocenters. The van der Waals surface area contributed by atoms with Gasteiger partial charge in [0.05, 0.1) is 18.6 Å². The van der Waals surface area contributed by atoms with Crippen LogP contribution in [-0.4, -0.2) is 38.6 Å². The van der Waals surface area contributed by atoms with Crippen LogP contribution < -0.4 is 9.47 Å². The first-order valence-corrected chi connectivity index (χ1v) is 15.0. The van der Waals surface area contributed by atoms with Crippen molar-refractivity contribution >= 4 is 21.5 Å². The molecule has 4 heteroatoms. The lowest BCUT2D eigenvalue weighted by molar-refractivity contribution is 0.265. The number of epoxide rings is 2. The van der Waals surface area contributed by atoms with Crippen molar-refractivity contribution in [1.82, 2.24) is 0 Å². The van der Waals surface area contributed by atoms with Crippen LogP contribution in [-0.2, 0) is 14.9 Å². The van der Waals surface area contributed by atoms with Crippen LogP contribution in [0.15, 0.2) is 121 Å². The average molecular weight is 563 g/mol. The Labute approximate surface area is 250 Å². The average Bonchev–Trinajstić information content (AvgIpc) is 4.01. The van der Waals surface area contributed by atoms with Gasteiger partial charge in [0.2, 0.25) is 0 Å². The molecular formula is C39H30O4. The molecule has 0 N–H and O–H groups in total. The van der Waals surface area contributed by atoms with Crippen molar-refractivity contribution in [3.63, 3.8) is 0 Å². The fourth-order valence-corrected chi connectivity index (χ4v) is 7.10. The zero-order valence-corrected chi connectivity index (χ0v) is 23.7. The number of rotatable bonds is 8. The largest absolute Gasteiger partial charge is 0.490 e. The summed E-state index contributed by atoms with van der Waals surface area (Å²) < 4.78 is 23.5. The quantitative estimate of drug-likeness (QED) is 0.177. The first kappa shape index (κ1) is 24.9. The van der Waals surface area contributed by atoms with Crippen molar-refractivity contribution < 1.29 is 18.9 Å². The van der Waals surface area contributed by atoms with Crippen LogP contribution in [0.5, 0.6) is 11.5 Å². The van der Waals surface area contributed by atoms with E-state index in [0.29, 0.717) is 13.2 Å². The van der Waals surface area contributed by atoms with E-state index in [1.807, 2.05) is 0 Å². The molecule has 1 aliphatic carbocycles. The molecule has 0 radical (unpaired) electrons. The molecule has 0 aromatic heterocycles. The highest BCUT2D eigenvalue weighted by Crippen LogP contribution is 2.59. The van der Waals surface area contributed by atoms with Crippen LogP contribution in [0.1, 0.15) is 22.3 Å². The summed E-state index contributed by atoms with van der Waals surface area (Å²) in [7, 11) is 0. The van der Waals surface area contributed by atoms with E-state index in [1.54, 1.807) is 0 Å². The molecule has 2 saturated heterocycles. The fourth-order valence-electron chi connectivity index (χ4n) is 7.10. The number of hydrogen-bond acceptors (Lipinski definition) is 4. The van der Waals surface area contributed by atoms with Crippen molar-refractivity contribution in [2.75, 3.05) is 26.4 Å². The Kier molecular flexibility index (Phi) is 5.62. The van der Waals surface area contributed by atoms with Gasteiger partial charge < -0.3 is 18.9 Å². The molecule has 0 amide bonds. The van der Waals surface area contributed by atoms with Crippen LogP contribution >= 0.6 is 0 Å². The SMILES string of the molecule is c1ccc2c(c1)-c1ccccc1C2(c1ccc(OCC2CO2)c2ccccc12)c1ccc(OCC2CO2)c2ccccc12. The minimum atomic E-state index is -0.567. The maximum absolute atomic E-state index is 6.32. The minimum absolute atomic E-state index is 0.192. The molecule has 6 aromatic carbocycles. The minimum Gasteiger partial charge on any atom is -0.490 e. The highest BCUT2D eigenvalue weighted by atomic mass is 16.6. The van der Waals surface area contributed by atoms with Crippen molar-refractivity contribution in [3.8, 4) is 22.6 Å². The van der Waals surface area contributed by atoms with Crippen LogP contribution in [0.25, 0.3) is 32.7 Å². The van der Waals surface area contributed by atoms with Gasteiger partial charge in [-0.1, -0.05) is 109 Å². The second-order valence-corrected chi connectivity index (χ2v) is 11.7. The molecule has 0 bridgehead atoms. The number of fused-ring (bicyclic) bond motifs is 5. The predicted octanol–water partition coefficient (Wildman–Crippen LogP) is 7.91. The Balaban J connectivity index is 1.36. The molecular weight excluding hydrogens is 532 g/mol. The van der Waals surface area contributed by atoms with E-state index in [9.17, 15) is 0 Å². The monoisotopic (exact) mass is 562 g/mol. The van der Waals surface area contributed by atoms with E-state index >= 15 is 0 Å². The van der Waals surface area contributed by atoms with Gasteiger partial charge in [-0.2, -0.15) is 0 Å². The highest BCUT2D eigenvalue weighted by Gasteiger charge is 2.47. The standard InChI is InChI=1S/C39H30O4/c1-3-13-31-29(11-1)35(17-19-37(31)42-23-25-21-40-25)39(33-15-7-5-9-27(33)28-10-6-8-16-34(28)39)36-18-20-38(43-24-26-22-41-26)32-14-4-2-12-30(32)36/h1-20,25-26H,21-24H2. The number of ether oxygens (including phenoxy) is 4. The zero-order valence-electron chi connectivity index (χ0n) is 23.7. The fraction of sp³-hybridized carbons (Fsp3) is 0.179. The van der Waals surface area contributed by atoms with E-state index in [4.69, 9.17) is 18.9 Å². The lowest BCUT2D eigenvalue weighted by atomic mass is 9.65. The number of benzene rings is 6. The van der Waals surface area contributed by atoms with Gasteiger partial charge in [0.15, 0.2) is 0 Å². The molecule has 0 spiro atoms. The zero-order chi connectivity index (χ0) is 28.4. The number of hydrogen-bond donors (Lipinski definition) is 0. The summed E-state index contributed by atoms with van der Waals surface area (Å²) in [5.74, 6) is 1.78. The first-order chi connectivity index (χ1) is 21.3. The third-order valence-electron chi connectivity index (χ3n) is 9.18. The Morgan fingerprint density at radius 3 is 1.30 bits per heavy atom. The Bertz CT molecular complexity index is 1870. The lowest BCUT2D eigenvalue weighted by Crippen LogP contribution is -2.29. The van der Waals surface area contributed by atoms with Gasteiger partial charge in [-0.15, -0.1) is 0 Å². The topological polar surface area (TPSA) is 43.5 Å². The summed E-state index contributed by atoms with van der Waals surface area (Å²) in [6.07, 6.45) is 0.383. The summed E-state index contributed by atoms with van der Waals surface area (Å²) >= 11 is 0. The lowest BCUT2D eigenvalue weighted by Gasteiger charge is -2.36.